The molecule has 1 aliphatic rings. The summed E-state index contributed by atoms with van der Waals surface area (Å²) in [6.45, 7) is 2.03. The average molecular weight is 376 g/mol. The van der Waals surface area contributed by atoms with Gasteiger partial charge in [-0.2, -0.15) is 13.2 Å². The van der Waals surface area contributed by atoms with Crippen LogP contribution in [0.1, 0.15) is 18.1 Å². The largest absolute Gasteiger partial charge is 0.416 e. The van der Waals surface area contributed by atoms with Gasteiger partial charge in [0.25, 0.3) is 0 Å². The number of benzene rings is 2. The predicted octanol–water partition coefficient (Wildman–Crippen LogP) is 3.51. The Balaban J connectivity index is 1.74. The predicted molar refractivity (Wildman–Crippen MR) is 95.1 cm³/mol. The number of hydrogen-bond donors (Lipinski definition) is 0. The van der Waals surface area contributed by atoms with Crippen molar-refractivity contribution >= 4 is 17.5 Å². The Morgan fingerprint density at radius 2 is 1.78 bits per heavy atom. The first-order valence-electron chi connectivity index (χ1n) is 8.59. The molecule has 0 saturated carbocycles. The summed E-state index contributed by atoms with van der Waals surface area (Å²) in [5, 5.41) is 0. The van der Waals surface area contributed by atoms with E-state index in [0.29, 0.717) is 0 Å². The first-order chi connectivity index (χ1) is 12.8. The summed E-state index contributed by atoms with van der Waals surface area (Å²) in [7, 11) is 0. The number of nitrogens with zero attached hydrogens (tertiary/aromatic N) is 2. The van der Waals surface area contributed by atoms with Gasteiger partial charge in [0.15, 0.2) is 0 Å². The van der Waals surface area contributed by atoms with E-state index in [4.69, 9.17) is 0 Å². The van der Waals surface area contributed by atoms with Crippen LogP contribution in [-0.4, -0.2) is 35.8 Å². The van der Waals surface area contributed by atoms with Crippen molar-refractivity contribution in [3.63, 3.8) is 0 Å². The van der Waals surface area contributed by atoms with Crippen molar-refractivity contribution in [3.8, 4) is 0 Å². The van der Waals surface area contributed by atoms with Crippen molar-refractivity contribution in [3.05, 3.63) is 65.7 Å². The van der Waals surface area contributed by atoms with Gasteiger partial charge in [-0.1, -0.05) is 36.4 Å². The molecule has 2 amide bonds. The highest BCUT2D eigenvalue weighted by molar-refractivity contribution is 6.00. The maximum absolute atomic E-state index is 12.9. The Kier molecular flexibility index (Phi) is 5.21. The number of amides is 2. The number of carbonyl (C=O) groups is 2. The number of hydrogen-bond acceptors (Lipinski definition) is 2. The lowest BCUT2D eigenvalue weighted by Gasteiger charge is -2.39. The molecular weight excluding hydrogens is 357 g/mol. The second-order valence-corrected chi connectivity index (χ2v) is 6.46. The van der Waals surface area contributed by atoms with Crippen molar-refractivity contribution in [2.45, 2.75) is 25.6 Å². The first-order valence-corrected chi connectivity index (χ1v) is 8.59. The van der Waals surface area contributed by atoms with Crippen LogP contribution in [0.15, 0.2) is 54.6 Å². The lowest BCUT2D eigenvalue weighted by molar-refractivity contribution is -0.140. The lowest BCUT2D eigenvalue weighted by atomic mass is 10.1. The topological polar surface area (TPSA) is 40.6 Å². The molecule has 3 rings (SSSR count). The zero-order valence-electron chi connectivity index (χ0n) is 14.7. The van der Waals surface area contributed by atoms with Crippen LogP contribution in [0.25, 0.3) is 0 Å². The van der Waals surface area contributed by atoms with Crippen molar-refractivity contribution in [1.29, 1.82) is 0 Å². The highest BCUT2D eigenvalue weighted by Crippen LogP contribution is 2.32. The molecule has 0 aliphatic carbocycles. The summed E-state index contributed by atoms with van der Waals surface area (Å²) in [5.74, 6) is -0.562. The Hall–Kier alpha value is -2.83. The van der Waals surface area contributed by atoms with E-state index in [1.165, 1.54) is 21.9 Å². The van der Waals surface area contributed by atoms with Gasteiger partial charge in [0.05, 0.1) is 12.0 Å². The van der Waals surface area contributed by atoms with Crippen LogP contribution in [-0.2, 0) is 22.2 Å². The monoisotopic (exact) mass is 376 g/mol. The van der Waals surface area contributed by atoms with Crippen molar-refractivity contribution in [1.82, 2.24) is 4.90 Å². The molecule has 7 heteroatoms. The van der Waals surface area contributed by atoms with Crippen LogP contribution in [0.4, 0.5) is 18.9 Å². The maximum Gasteiger partial charge on any atom is 0.416 e. The zero-order chi connectivity index (χ0) is 19.6. The van der Waals surface area contributed by atoms with Crippen molar-refractivity contribution < 1.29 is 22.8 Å². The molecule has 142 valence electrons. The van der Waals surface area contributed by atoms with E-state index in [9.17, 15) is 22.8 Å². The normalized spacial score (nSPS) is 17.9. The minimum Gasteiger partial charge on any atom is -0.329 e. The molecule has 1 heterocycles. The highest BCUT2D eigenvalue weighted by atomic mass is 19.4. The fourth-order valence-corrected chi connectivity index (χ4v) is 3.19. The molecular formula is C20H19F3N2O2. The Bertz CT molecular complexity index is 837. The van der Waals surface area contributed by atoms with Crippen LogP contribution >= 0.6 is 0 Å². The van der Waals surface area contributed by atoms with Gasteiger partial charge in [0, 0.05) is 18.8 Å². The molecule has 0 unspecified atom stereocenters. The van der Waals surface area contributed by atoms with E-state index in [1.54, 1.807) is 6.92 Å². The van der Waals surface area contributed by atoms with Crippen molar-refractivity contribution in [2.24, 2.45) is 0 Å². The molecule has 1 atom stereocenters. The van der Waals surface area contributed by atoms with Gasteiger partial charge in [-0.3, -0.25) is 9.59 Å². The van der Waals surface area contributed by atoms with Gasteiger partial charge >= 0.3 is 6.18 Å². The molecule has 27 heavy (non-hydrogen) atoms. The van der Waals surface area contributed by atoms with E-state index >= 15 is 0 Å². The first kappa shape index (κ1) is 18.9. The summed E-state index contributed by atoms with van der Waals surface area (Å²) in [5.41, 5.74) is 0.238. The van der Waals surface area contributed by atoms with Crippen molar-refractivity contribution in [2.75, 3.05) is 18.0 Å². The summed E-state index contributed by atoms with van der Waals surface area (Å²) < 4.78 is 38.8. The zero-order valence-corrected chi connectivity index (χ0v) is 14.7. The van der Waals surface area contributed by atoms with Crippen LogP contribution in [0.3, 0.4) is 0 Å². The van der Waals surface area contributed by atoms with Gasteiger partial charge in [-0.25, -0.2) is 0 Å². The Labute approximate surface area is 155 Å². The second-order valence-electron chi connectivity index (χ2n) is 6.46. The maximum atomic E-state index is 12.9. The molecule has 0 N–H and O–H groups in total. The fraction of sp³-hybridized carbons (Fsp3) is 0.300. The van der Waals surface area contributed by atoms with Gasteiger partial charge in [-0.05, 0) is 30.7 Å². The smallest absolute Gasteiger partial charge is 0.329 e. The fourth-order valence-electron chi connectivity index (χ4n) is 3.19. The summed E-state index contributed by atoms with van der Waals surface area (Å²) >= 11 is 0. The molecule has 0 aromatic heterocycles. The quantitative estimate of drug-likeness (QED) is 0.823. The number of piperazine rings is 1. The van der Waals surface area contributed by atoms with E-state index in [2.05, 4.69) is 0 Å². The molecule has 4 nitrogen and oxygen atoms in total. The van der Waals surface area contributed by atoms with E-state index in [0.717, 1.165) is 17.7 Å². The molecule has 1 aliphatic heterocycles. The lowest BCUT2D eigenvalue weighted by Crippen LogP contribution is -2.58. The number of anilines is 1. The van der Waals surface area contributed by atoms with E-state index in [-0.39, 0.29) is 37.0 Å². The molecule has 2 aromatic carbocycles. The van der Waals surface area contributed by atoms with Gasteiger partial charge in [0.1, 0.15) is 6.04 Å². The van der Waals surface area contributed by atoms with Gasteiger partial charge in [0.2, 0.25) is 11.8 Å². The number of rotatable bonds is 3. The minimum absolute atomic E-state index is 0.158. The highest BCUT2D eigenvalue weighted by Gasteiger charge is 2.36. The van der Waals surface area contributed by atoms with Crippen LogP contribution < -0.4 is 4.90 Å². The second kappa shape index (κ2) is 7.42. The minimum atomic E-state index is -4.47. The van der Waals surface area contributed by atoms with E-state index < -0.39 is 17.8 Å². The number of halogens is 3. The summed E-state index contributed by atoms with van der Waals surface area (Å²) in [4.78, 5) is 28.1. The molecule has 1 fully saturated rings. The molecule has 0 bridgehead atoms. The van der Waals surface area contributed by atoms with Gasteiger partial charge in [-0.15, -0.1) is 0 Å². The Morgan fingerprint density at radius 3 is 2.44 bits per heavy atom. The molecule has 1 saturated heterocycles. The summed E-state index contributed by atoms with van der Waals surface area (Å²) in [6, 6.07) is 13.2. The third kappa shape index (κ3) is 4.13. The molecule has 0 spiro atoms. The summed E-state index contributed by atoms with van der Waals surface area (Å²) in [6.07, 6.45) is -4.29. The van der Waals surface area contributed by atoms with E-state index in [1.807, 2.05) is 30.3 Å². The average Bonchev–Trinajstić information content (AvgIpc) is 2.64. The number of alkyl halides is 3. The third-order valence-electron chi connectivity index (χ3n) is 4.66. The van der Waals surface area contributed by atoms with Crippen LogP contribution in [0.2, 0.25) is 0 Å². The number of carbonyl (C=O) groups excluding carboxylic acids is 2. The SMILES string of the molecule is C[C@@H]1C(=O)N(c2cccc(C(F)(F)F)c2)CCN1C(=O)Cc1ccccc1. The standard InChI is InChI=1S/C20H19F3N2O2/c1-14-19(27)25(17-9-5-8-16(13-17)20(21,22)23)11-10-24(14)18(26)12-15-6-3-2-4-7-15/h2-9,13-14H,10-12H2,1H3/t14-/m1/s1. The Morgan fingerprint density at radius 1 is 1.07 bits per heavy atom. The molecule has 2 aromatic rings. The molecule has 0 radical (unpaired) electrons. The third-order valence-corrected chi connectivity index (χ3v) is 4.66. The van der Waals surface area contributed by atoms with Crippen LogP contribution in [0, 0.1) is 0 Å². The van der Waals surface area contributed by atoms with Crippen LogP contribution in [0.5, 0.6) is 0 Å². The van der Waals surface area contributed by atoms with Gasteiger partial charge < -0.3 is 9.80 Å².